The van der Waals surface area contributed by atoms with Gasteiger partial charge in [-0.25, -0.2) is 0 Å². The average molecular weight is 214 g/mol. The highest BCUT2D eigenvalue weighted by Gasteiger charge is 2.04. The van der Waals surface area contributed by atoms with E-state index in [9.17, 15) is 5.11 Å². The first-order valence-electron chi connectivity index (χ1n) is 4.85. The second kappa shape index (κ2) is 6.02. The first kappa shape index (κ1) is 11.5. The van der Waals surface area contributed by atoms with Gasteiger partial charge in [0.15, 0.2) is 0 Å². The molecule has 78 valence electrons. The Morgan fingerprint density at radius 1 is 1.29 bits per heavy atom. The van der Waals surface area contributed by atoms with Gasteiger partial charge in [0.25, 0.3) is 0 Å². The lowest BCUT2D eigenvalue weighted by molar-refractivity contribution is 0.157. The maximum Gasteiger partial charge on any atom is 0.0555 e. The van der Waals surface area contributed by atoms with E-state index in [0.29, 0.717) is 13.0 Å². The second-order valence-corrected chi connectivity index (χ2v) is 3.77. The van der Waals surface area contributed by atoms with Gasteiger partial charge in [-0.05, 0) is 37.4 Å². The van der Waals surface area contributed by atoms with Crippen molar-refractivity contribution in [2.75, 3.05) is 6.54 Å². The third-order valence-corrected chi connectivity index (χ3v) is 2.57. The Morgan fingerprint density at radius 2 is 2.00 bits per heavy atom. The molecule has 0 heterocycles. The number of aryl methyl sites for hydroxylation is 1. The van der Waals surface area contributed by atoms with E-state index in [1.54, 1.807) is 0 Å². The molecule has 0 amide bonds. The molecule has 0 radical (unpaired) electrons. The fraction of sp³-hybridized carbons (Fsp3) is 0.455. The molecule has 0 saturated carbocycles. The molecule has 1 unspecified atom stereocenters. The summed E-state index contributed by atoms with van der Waals surface area (Å²) in [6, 6.07) is 7.71. The molecule has 0 aromatic heterocycles. The lowest BCUT2D eigenvalue weighted by Gasteiger charge is -2.09. The van der Waals surface area contributed by atoms with E-state index in [1.807, 2.05) is 24.3 Å². The van der Waals surface area contributed by atoms with Gasteiger partial charge in [0.2, 0.25) is 0 Å². The van der Waals surface area contributed by atoms with Gasteiger partial charge in [-0.3, -0.25) is 0 Å². The fourth-order valence-corrected chi connectivity index (χ4v) is 1.59. The molecule has 0 aliphatic carbocycles. The van der Waals surface area contributed by atoms with Gasteiger partial charge < -0.3 is 10.8 Å². The zero-order valence-electron chi connectivity index (χ0n) is 8.12. The van der Waals surface area contributed by atoms with Crippen LogP contribution in [0.1, 0.15) is 18.4 Å². The average Bonchev–Trinajstić information content (AvgIpc) is 2.17. The van der Waals surface area contributed by atoms with Crippen LogP contribution in [0.2, 0.25) is 5.02 Å². The molecule has 2 nitrogen and oxygen atoms in total. The van der Waals surface area contributed by atoms with Crippen LogP contribution in [0.15, 0.2) is 24.3 Å². The lowest BCUT2D eigenvalue weighted by atomic mass is 10.1. The molecular formula is C11H16ClNO. The highest BCUT2D eigenvalue weighted by atomic mass is 35.5. The molecule has 1 rings (SSSR count). The van der Waals surface area contributed by atoms with E-state index in [0.717, 1.165) is 23.4 Å². The monoisotopic (exact) mass is 213 g/mol. The van der Waals surface area contributed by atoms with Gasteiger partial charge in [0, 0.05) is 5.02 Å². The largest absolute Gasteiger partial charge is 0.393 e. The van der Waals surface area contributed by atoms with Gasteiger partial charge in [0.1, 0.15) is 0 Å². The second-order valence-electron chi connectivity index (χ2n) is 3.36. The third-order valence-electron chi connectivity index (χ3n) is 2.20. The number of aliphatic hydroxyl groups is 1. The van der Waals surface area contributed by atoms with Gasteiger partial charge in [-0.1, -0.05) is 29.8 Å². The smallest absolute Gasteiger partial charge is 0.0555 e. The maximum absolute atomic E-state index is 9.48. The highest BCUT2D eigenvalue weighted by Crippen LogP contribution is 2.17. The Bertz CT molecular complexity index is 278. The Kier molecular flexibility index (Phi) is 4.94. The minimum absolute atomic E-state index is 0.309. The predicted molar refractivity (Wildman–Crippen MR) is 59.5 cm³/mol. The molecular weight excluding hydrogens is 198 g/mol. The van der Waals surface area contributed by atoms with Gasteiger partial charge in [-0.2, -0.15) is 0 Å². The van der Waals surface area contributed by atoms with Crippen molar-refractivity contribution in [3.8, 4) is 0 Å². The molecule has 0 aliphatic heterocycles. The van der Waals surface area contributed by atoms with E-state index in [2.05, 4.69) is 0 Å². The SMILES string of the molecule is NCCC(O)CCc1ccccc1Cl. The first-order chi connectivity index (χ1) is 6.74. The number of hydrogen-bond acceptors (Lipinski definition) is 2. The fourth-order valence-electron chi connectivity index (χ4n) is 1.36. The Labute approximate surface area is 89.7 Å². The number of rotatable bonds is 5. The summed E-state index contributed by atoms with van der Waals surface area (Å²) in [5, 5.41) is 10.2. The van der Waals surface area contributed by atoms with Crippen LogP contribution in [0.25, 0.3) is 0 Å². The summed E-state index contributed by atoms with van der Waals surface area (Å²) >= 11 is 5.98. The van der Waals surface area contributed by atoms with Crippen molar-refractivity contribution in [3.05, 3.63) is 34.9 Å². The quantitative estimate of drug-likeness (QED) is 0.786. The zero-order valence-corrected chi connectivity index (χ0v) is 8.87. The van der Waals surface area contributed by atoms with Crippen LogP contribution in [0, 0.1) is 0 Å². The van der Waals surface area contributed by atoms with Crippen LogP contribution in [0.3, 0.4) is 0 Å². The molecule has 0 fully saturated rings. The molecule has 1 aromatic carbocycles. The molecule has 14 heavy (non-hydrogen) atoms. The molecule has 0 aliphatic rings. The van der Waals surface area contributed by atoms with E-state index < -0.39 is 0 Å². The maximum atomic E-state index is 9.48. The van der Waals surface area contributed by atoms with Crippen LogP contribution in [0.5, 0.6) is 0 Å². The summed E-state index contributed by atoms with van der Waals surface area (Å²) in [4.78, 5) is 0. The third kappa shape index (κ3) is 3.66. The van der Waals surface area contributed by atoms with Gasteiger partial charge >= 0.3 is 0 Å². The van der Waals surface area contributed by atoms with Gasteiger partial charge in [0.05, 0.1) is 6.10 Å². The van der Waals surface area contributed by atoms with Crippen LogP contribution < -0.4 is 5.73 Å². The summed E-state index contributed by atoms with van der Waals surface area (Å²) in [6.07, 6.45) is 1.88. The summed E-state index contributed by atoms with van der Waals surface area (Å²) in [7, 11) is 0. The standard InChI is InChI=1S/C11H16ClNO/c12-11-4-2-1-3-9(11)5-6-10(14)7-8-13/h1-4,10,14H,5-8,13H2. The summed E-state index contributed by atoms with van der Waals surface area (Å²) in [5.74, 6) is 0. The van der Waals surface area contributed by atoms with Crippen molar-refractivity contribution >= 4 is 11.6 Å². The van der Waals surface area contributed by atoms with E-state index in [1.165, 1.54) is 0 Å². The van der Waals surface area contributed by atoms with Crippen molar-refractivity contribution < 1.29 is 5.11 Å². The molecule has 1 aromatic rings. The number of nitrogens with two attached hydrogens (primary N) is 1. The Hall–Kier alpha value is -0.570. The molecule has 0 spiro atoms. The minimum atomic E-state index is -0.309. The molecule has 1 atom stereocenters. The molecule has 0 bridgehead atoms. The Balaban J connectivity index is 2.41. The van der Waals surface area contributed by atoms with Crippen molar-refractivity contribution in [1.29, 1.82) is 0 Å². The molecule has 3 heteroatoms. The number of hydrogen-bond donors (Lipinski definition) is 2. The summed E-state index contributed by atoms with van der Waals surface area (Å²) in [6.45, 7) is 0.531. The topological polar surface area (TPSA) is 46.2 Å². The van der Waals surface area contributed by atoms with Crippen molar-refractivity contribution in [2.24, 2.45) is 5.73 Å². The van der Waals surface area contributed by atoms with Crippen molar-refractivity contribution in [2.45, 2.75) is 25.4 Å². The minimum Gasteiger partial charge on any atom is -0.393 e. The van der Waals surface area contributed by atoms with Crippen molar-refractivity contribution in [3.63, 3.8) is 0 Å². The number of benzene rings is 1. The van der Waals surface area contributed by atoms with E-state index >= 15 is 0 Å². The summed E-state index contributed by atoms with van der Waals surface area (Å²) in [5.41, 5.74) is 6.43. The summed E-state index contributed by atoms with van der Waals surface area (Å²) < 4.78 is 0. The lowest BCUT2D eigenvalue weighted by Crippen LogP contribution is -2.14. The molecule has 0 saturated heterocycles. The molecule has 3 N–H and O–H groups in total. The highest BCUT2D eigenvalue weighted by molar-refractivity contribution is 6.31. The predicted octanol–water partition coefficient (Wildman–Crippen LogP) is 1.98. The first-order valence-corrected chi connectivity index (χ1v) is 5.23. The van der Waals surface area contributed by atoms with Crippen LogP contribution in [0.4, 0.5) is 0 Å². The number of halogens is 1. The van der Waals surface area contributed by atoms with Crippen LogP contribution in [-0.4, -0.2) is 17.8 Å². The van der Waals surface area contributed by atoms with E-state index in [-0.39, 0.29) is 6.10 Å². The Morgan fingerprint density at radius 3 is 2.64 bits per heavy atom. The van der Waals surface area contributed by atoms with Gasteiger partial charge in [-0.15, -0.1) is 0 Å². The van der Waals surface area contributed by atoms with Crippen LogP contribution in [-0.2, 0) is 6.42 Å². The number of aliphatic hydroxyl groups excluding tert-OH is 1. The zero-order chi connectivity index (χ0) is 10.4. The normalized spacial score (nSPS) is 12.8. The van der Waals surface area contributed by atoms with E-state index in [4.69, 9.17) is 17.3 Å². The van der Waals surface area contributed by atoms with Crippen molar-refractivity contribution in [1.82, 2.24) is 0 Å². The van der Waals surface area contributed by atoms with Crippen LogP contribution >= 0.6 is 11.6 Å².